The normalized spacial score (nSPS) is 21.3. The fraction of sp³-hybridized carbons (Fsp3) is 0.250. The van der Waals surface area contributed by atoms with Crippen molar-refractivity contribution in [1.82, 2.24) is 0 Å². The van der Waals surface area contributed by atoms with Crippen LogP contribution in [0.25, 0.3) is 10.8 Å². The summed E-state index contributed by atoms with van der Waals surface area (Å²) in [5.41, 5.74) is 0.682. The molecule has 2 aromatic rings. The third-order valence-corrected chi connectivity index (χ3v) is 3.60. The molecule has 2 atom stereocenters. The van der Waals surface area contributed by atoms with Crippen LogP contribution in [0.15, 0.2) is 42.5 Å². The van der Waals surface area contributed by atoms with Gasteiger partial charge < -0.3 is 15.2 Å². The topological polar surface area (TPSA) is 75.6 Å². The molecular weight excluding hydrogens is 270 g/mol. The number of ether oxygens (including phenoxy) is 1. The molecule has 3 rings (SSSR count). The quantitative estimate of drug-likeness (QED) is 0.908. The Balaban J connectivity index is 1.70. The predicted octanol–water partition coefficient (Wildman–Crippen LogP) is 2.41. The average molecular weight is 285 g/mol. The molecule has 0 aromatic heterocycles. The van der Waals surface area contributed by atoms with Gasteiger partial charge in [-0.15, -0.1) is 0 Å². The van der Waals surface area contributed by atoms with Crippen molar-refractivity contribution >= 4 is 28.3 Å². The number of fused-ring (bicyclic) bond motifs is 1. The van der Waals surface area contributed by atoms with E-state index in [1.165, 1.54) is 0 Å². The molecule has 1 aliphatic rings. The van der Waals surface area contributed by atoms with E-state index in [-0.39, 0.29) is 5.91 Å². The molecule has 0 spiro atoms. The minimum Gasteiger partial charge on any atom is -0.479 e. The van der Waals surface area contributed by atoms with Gasteiger partial charge in [-0.05, 0) is 35.7 Å². The summed E-state index contributed by atoms with van der Waals surface area (Å²) in [7, 11) is 0. The SMILES string of the molecule is O=C(Nc1ccc2ccccc2c1)[C@@H]1CC[C@H](C(=O)O)O1. The van der Waals surface area contributed by atoms with E-state index in [4.69, 9.17) is 9.84 Å². The molecular formula is C16H15NO4. The van der Waals surface area contributed by atoms with Gasteiger partial charge in [-0.1, -0.05) is 30.3 Å². The van der Waals surface area contributed by atoms with Crippen molar-refractivity contribution in [2.75, 3.05) is 5.32 Å². The first-order chi connectivity index (χ1) is 10.1. The van der Waals surface area contributed by atoms with E-state index >= 15 is 0 Å². The van der Waals surface area contributed by atoms with E-state index in [1.54, 1.807) is 0 Å². The lowest BCUT2D eigenvalue weighted by atomic mass is 10.1. The second-order valence-corrected chi connectivity index (χ2v) is 5.08. The summed E-state index contributed by atoms with van der Waals surface area (Å²) in [5, 5.41) is 13.8. The van der Waals surface area contributed by atoms with E-state index in [9.17, 15) is 9.59 Å². The number of aliphatic carboxylic acids is 1. The Bertz CT molecular complexity index is 697. The molecule has 108 valence electrons. The van der Waals surface area contributed by atoms with E-state index < -0.39 is 18.2 Å². The first-order valence-corrected chi connectivity index (χ1v) is 6.81. The highest BCUT2D eigenvalue weighted by Crippen LogP contribution is 2.23. The highest BCUT2D eigenvalue weighted by atomic mass is 16.5. The summed E-state index contributed by atoms with van der Waals surface area (Å²) in [4.78, 5) is 22.9. The van der Waals surface area contributed by atoms with Crippen molar-refractivity contribution in [2.24, 2.45) is 0 Å². The fourth-order valence-electron chi connectivity index (χ4n) is 2.50. The zero-order valence-corrected chi connectivity index (χ0v) is 11.3. The maximum Gasteiger partial charge on any atom is 0.332 e. The number of carbonyl (C=O) groups is 2. The molecule has 0 bridgehead atoms. The summed E-state index contributed by atoms with van der Waals surface area (Å²) in [6.07, 6.45) is -0.781. The van der Waals surface area contributed by atoms with Crippen LogP contribution in [0.1, 0.15) is 12.8 Å². The number of carbonyl (C=O) groups excluding carboxylic acids is 1. The molecule has 1 aliphatic heterocycles. The maximum atomic E-state index is 12.1. The number of hydrogen-bond donors (Lipinski definition) is 2. The van der Waals surface area contributed by atoms with Crippen LogP contribution in [0.3, 0.4) is 0 Å². The predicted molar refractivity (Wildman–Crippen MR) is 78.1 cm³/mol. The Morgan fingerprint density at radius 2 is 1.76 bits per heavy atom. The van der Waals surface area contributed by atoms with Crippen molar-refractivity contribution < 1.29 is 19.4 Å². The molecule has 1 saturated heterocycles. The van der Waals surface area contributed by atoms with E-state index in [2.05, 4.69) is 5.32 Å². The Morgan fingerprint density at radius 3 is 2.48 bits per heavy atom. The number of carboxylic acids is 1. The van der Waals surface area contributed by atoms with Crippen LogP contribution in [0.5, 0.6) is 0 Å². The number of carboxylic acid groups (broad SMARTS) is 1. The molecule has 5 heteroatoms. The van der Waals surface area contributed by atoms with E-state index in [0.29, 0.717) is 18.5 Å². The van der Waals surface area contributed by atoms with Crippen LogP contribution in [0, 0.1) is 0 Å². The van der Waals surface area contributed by atoms with Gasteiger partial charge in [-0.3, -0.25) is 4.79 Å². The zero-order valence-electron chi connectivity index (χ0n) is 11.3. The van der Waals surface area contributed by atoms with Crippen LogP contribution < -0.4 is 5.32 Å². The van der Waals surface area contributed by atoms with Crippen LogP contribution in [0.4, 0.5) is 5.69 Å². The molecule has 0 saturated carbocycles. The molecule has 5 nitrogen and oxygen atoms in total. The molecule has 2 N–H and O–H groups in total. The van der Waals surface area contributed by atoms with Crippen molar-refractivity contribution in [3.8, 4) is 0 Å². The van der Waals surface area contributed by atoms with Crippen molar-refractivity contribution in [1.29, 1.82) is 0 Å². The lowest BCUT2D eigenvalue weighted by Crippen LogP contribution is -2.29. The fourth-order valence-corrected chi connectivity index (χ4v) is 2.50. The average Bonchev–Trinajstić information content (AvgIpc) is 2.97. The largest absolute Gasteiger partial charge is 0.479 e. The van der Waals surface area contributed by atoms with Gasteiger partial charge in [0.15, 0.2) is 6.10 Å². The first kappa shape index (κ1) is 13.6. The second-order valence-electron chi connectivity index (χ2n) is 5.08. The highest BCUT2D eigenvalue weighted by molar-refractivity contribution is 5.97. The summed E-state index contributed by atoms with van der Waals surface area (Å²) < 4.78 is 5.23. The summed E-state index contributed by atoms with van der Waals surface area (Å²) in [6, 6.07) is 13.5. The van der Waals surface area contributed by atoms with Gasteiger partial charge in [0.05, 0.1) is 0 Å². The van der Waals surface area contributed by atoms with Gasteiger partial charge in [0.1, 0.15) is 6.10 Å². The standard InChI is InChI=1S/C16H15NO4/c18-15(13-7-8-14(21-13)16(19)20)17-12-6-5-10-3-1-2-4-11(10)9-12/h1-6,9,13-14H,7-8H2,(H,17,18)(H,19,20)/t13-,14+/m0/s1. The number of anilines is 1. The lowest BCUT2D eigenvalue weighted by Gasteiger charge is -2.12. The van der Waals surface area contributed by atoms with Crippen molar-refractivity contribution in [2.45, 2.75) is 25.0 Å². The first-order valence-electron chi connectivity index (χ1n) is 6.81. The molecule has 2 aromatic carbocycles. The van der Waals surface area contributed by atoms with Gasteiger partial charge in [-0.25, -0.2) is 4.79 Å². The van der Waals surface area contributed by atoms with Crippen LogP contribution in [-0.4, -0.2) is 29.2 Å². The van der Waals surface area contributed by atoms with Crippen molar-refractivity contribution in [3.05, 3.63) is 42.5 Å². The van der Waals surface area contributed by atoms with Gasteiger partial charge in [0, 0.05) is 5.69 Å². The number of nitrogens with one attached hydrogen (secondary N) is 1. The molecule has 0 aliphatic carbocycles. The smallest absolute Gasteiger partial charge is 0.332 e. The van der Waals surface area contributed by atoms with Crippen LogP contribution in [0.2, 0.25) is 0 Å². The number of benzene rings is 2. The Kier molecular flexibility index (Phi) is 3.58. The lowest BCUT2D eigenvalue weighted by molar-refractivity contribution is -0.150. The van der Waals surface area contributed by atoms with E-state index in [1.807, 2.05) is 42.5 Å². The third-order valence-electron chi connectivity index (χ3n) is 3.60. The van der Waals surface area contributed by atoms with Crippen LogP contribution >= 0.6 is 0 Å². The number of rotatable bonds is 3. The zero-order chi connectivity index (χ0) is 14.8. The Hall–Kier alpha value is -2.40. The van der Waals surface area contributed by atoms with Gasteiger partial charge >= 0.3 is 5.97 Å². The maximum absolute atomic E-state index is 12.1. The molecule has 0 unspecified atom stereocenters. The summed E-state index contributed by atoms with van der Waals surface area (Å²) in [5.74, 6) is -1.31. The van der Waals surface area contributed by atoms with E-state index in [0.717, 1.165) is 10.8 Å². The van der Waals surface area contributed by atoms with Gasteiger partial charge in [-0.2, -0.15) is 0 Å². The molecule has 1 heterocycles. The molecule has 0 radical (unpaired) electrons. The summed E-state index contributed by atoms with van der Waals surface area (Å²) >= 11 is 0. The molecule has 21 heavy (non-hydrogen) atoms. The monoisotopic (exact) mass is 285 g/mol. The number of hydrogen-bond acceptors (Lipinski definition) is 3. The Labute approximate surface area is 121 Å². The highest BCUT2D eigenvalue weighted by Gasteiger charge is 2.34. The van der Waals surface area contributed by atoms with Gasteiger partial charge in [0.2, 0.25) is 0 Å². The minimum atomic E-state index is -1.02. The molecule has 1 amide bonds. The van der Waals surface area contributed by atoms with Gasteiger partial charge in [0.25, 0.3) is 5.91 Å². The second kappa shape index (κ2) is 5.54. The Morgan fingerprint density at radius 1 is 1.05 bits per heavy atom. The molecule has 1 fully saturated rings. The minimum absolute atomic E-state index is 0.297. The summed E-state index contributed by atoms with van der Waals surface area (Å²) in [6.45, 7) is 0. The third kappa shape index (κ3) is 2.87. The van der Waals surface area contributed by atoms with Crippen molar-refractivity contribution in [3.63, 3.8) is 0 Å². The van der Waals surface area contributed by atoms with Crippen LogP contribution in [-0.2, 0) is 14.3 Å². The number of amides is 1.